The highest BCUT2D eigenvalue weighted by Crippen LogP contribution is 2.31. The van der Waals surface area contributed by atoms with E-state index in [4.69, 9.17) is 10.8 Å². The van der Waals surface area contributed by atoms with Crippen LogP contribution in [-0.2, 0) is 6.18 Å². The van der Waals surface area contributed by atoms with E-state index >= 15 is 0 Å². The predicted molar refractivity (Wildman–Crippen MR) is 62.5 cm³/mol. The average Bonchev–Trinajstić information content (AvgIpc) is 2.86. The molecule has 0 radical (unpaired) electrons. The number of aliphatic hydroxyl groups is 1. The molecule has 4 nitrogen and oxygen atoms in total. The Morgan fingerprint density at radius 3 is 2.65 bits per heavy atom. The third-order valence-electron chi connectivity index (χ3n) is 2.78. The normalized spacial score (nSPS) is 13.5. The van der Waals surface area contributed by atoms with E-state index in [0.717, 1.165) is 17.0 Å². The van der Waals surface area contributed by atoms with E-state index < -0.39 is 30.2 Å². The monoisotopic (exact) mass is 289 g/mol. The molecule has 0 bridgehead atoms. The first-order valence-corrected chi connectivity index (χ1v) is 5.60. The fourth-order valence-electron chi connectivity index (χ4n) is 1.75. The third kappa shape index (κ3) is 2.66. The first-order valence-electron chi connectivity index (χ1n) is 5.60. The van der Waals surface area contributed by atoms with Gasteiger partial charge in [0, 0.05) is 0 Å². The third-order valence-corrected chi connectivity index (χ3v) is 2.78. The van der Waals surface area contributed by atoms with E-state index in [-0.39, 0.29) is 11.4 Å². The molecule has 0 fully saturated rings. The van der Waals surface area contributed by atoms with Gasteiger partial charge in [0.25, 0.3) is 0 Å². The number of rotatable bonds is 3. The Balaban J connectivity index is 2.55. The summed E-state index contributed by atoms with van der Waals surface area (Å²) in [6, 6.07) is 1.18. The molecule has 0 aliphatic rings. The molecule has 1 aromatic carbocycles. The van der Waals surface area contributed by atoms with Gasteiger partial charge in [0.2, 0.25) is 0 Å². The number of hydrogen-bond donors (Lipinski definition) is 2. The van der Waals surface area contributed by atoms with Gasteiger partial charge in [-0.3, -0.25) is 4.57 Å². The van der Waals surface area contributed by atoms with Crippen LogP contribution < -0.4 is 5.73 Å². The van der Waals surface area contributed by atoms with E-state index in [1.54, 1.807) is 0 Å². The maximum atomic E-state index is 13.7. The molecule has 2 aromatic rings. The van der Waals surface area contributed by atoms with E-state index in [0.29, 0.717) is 12.1 Å². The first kappa shape index (κ1) is 14.5. The summed E-state index contributed by atoms with van der Waals surface area (Å²) >= 11 is 0. The first-order chi connectivity index (χ1) is 9.34. The SMILES string of the molecule is NC(CO)c1cncn1-c1cc(C(F)(F)F)ccc1F. The van der Waals surface area contributed by atoms with Crippen molar-refractivity contribution in [1.29, 1.82) is 0 Å². The second-order valence-electron chi connectivity index (χ2n) is 4.14. The number of nitrogens with zero attached hydrogens (tertiary/aromatic N) is 2. The Hall–Kier alpha value is -1.93. The van der Waals surface area contributed by atoms with Crippen molar-refractivity contribution in [3.8, 4) is 5.69 Å². The average molecular weight is 289 g/mol. The van der Waals surface area contributed by atoms with E-state index in [2.05, 4.69) is 4.98 Å². The van der Waals surface area contributed by atoms with Crippen molar-refractivity contribution < 1.29 is 22.7 Å². The molecule has 0 saturated heterocycles. The van der Waals surface area contributed by atoms with Crippen molar-refractivity contribution in [1.82, 2.24) is 9.55 Å². The van der Waals surface area contributed by atoms with Crippen LogP contribution in [0.5, 0.6) is 0 Å². The molecule has 0 amide bonds. The smallest absolute Gasteiger partial charge is 0.394 e. The molecule has 1 heterocycles. The van der Waals surface area contributed by atoms with E-state index in [1.165, 1.54) is 6.20 Å². The summed E-state index contributed by atoms with van der Waals surface area (Å²) < 4.78 is 52.8. The molecule has 108 valence electrons. The minimum atomic E-state index is -4.58. The van der Waals surface area contributed by atoms with Gasteiger partial charge in [-0.25, -0.2) is 9.37 Å². The van der Waals surface area contributed by atoms with Gasteiger partial charge < -0.3 is 10.8 Å². The zero-order chi connectivity index (χ0) is 14.9. The fourth-order valence-corrected chi connectivity index (χ4v) is 1.75. The van der Waals surface area contributed by atoms with Gasteiger partial charge >= 0.3 is 6.18 Å². The lowest BCUT2D eigenvalue weighted by molar-refractivity contribution is -0.137. The van der Waals surface area contributed by atoms with Gasteiger partial charge in [-0.05, 0) is 18.2 Å². The maximum Gasteiger partial charge on any atom is 0.416 e. The van der Waals surface area contributed by atoms with Crippen molar-refractivity contribution >= 4 is 0 Å². The van der Waals surface area contributed by atoms with Crippen LogP contribution in [-0.4, -0.2) is 21.3 Å². The summed E-state index contributed by atoms with van der Waals surface area (Å²) in [6.45, 7) is -0.438. The molecular formula is C12H11F4N3O. The molecule has 0 aliphatic heterocycles. The van der Waals surface area contributed by atoms with Crippen molar-refractivity contribution in [2.45, 2.75) is 12.2 Å². The Bertz CT molecular complexity index is 609. The van der Waals surface area contributed by atoms with Gasteiger partial charge in [0.05, 0.1) is 42.1 Å². The van der Waals surface area contributed by atoms with Crippen LogP contribution in [0.1, 0.15) is 17.3 Å². The van der Waals surface area contributed by atoms with Gasteiger partial charge in [-0.15, -0.1) is 0 Å². The Morgan fingerprint density at radius 1 is 1.35 bits per heavy atom. The molecule has 1 aromatic heterocycles. The molecule has 8 heteroatoms. The second kappa shape index (κ2) is 5.22. The molecule has 2 rings (SSSR count). The van der Waals surface area contributed by atoms with Crippen LogP contribution in [0.2, 0.25) is 0 Å². The highest BCUT2D eigenvalue weighted by Gasteiger charge is 2.31. The van der Waals surface area contributed by atoms with Crippen LogP contribution >= 0.6 is 0 Å². The second-order valence-corrected chi connectivity index (χ2v) is 4.14. The number of nitrogens with two attached hydrogens (primary N) is 1. The molecule has 0 saturated carbocycles. The molecule has 3 N–H and O–H groups in total. The maximum absolute atomic E-state index is 13.7. The molecule has 1 unspecified atom stereocenters. The minimum Gasteiger partial charge on any atom is -0.394 e. The number of benzene rings is 1. The highest BCUT2D eigenvalue weighted by atomic mass is 19.4. The van der Waals surface area contributed by atoms with E-state index in [1.807, 2.05) is 0 Å². The summed E-state index contributed by atoms with van der Waals surface area (Å²) in [6.07, 6.45) is -2.17. The van der Waals surface area contributed by atoms with Gasteiger partial charge in [-0.2, -0.15) is 13.2 Å². The summed E-state index contributed by atoms with van der Waals surface area (Å²) in [5, 5.41) is 8.99. The van der Waals surface area contributed by atoms with Gasteiger partial charge in [0.15, 0.2) is 0 Å². The zero-order valence-electron chi connectivity index (χ0n) is 10.1. The molecular weight excluding hydrogens is 278 g/mol. The largest absolute Gasteiger partial charge is 0.416 e. The Kier molecular flexibility index (Phi) is 3.78. The lowest BCUT2D eigenvalue weighted by Gasteiger charge is -2.15. The van der Waals surface area contributed by atoms with Gasteiger partial charge in [-0.1, -0.05) is 0 Å². The Labute approximate surface area is 111 Å². The summed E-state index contributed by atoms with van der Waals surface area (Å²) in [4.78, 5) is 3.72. The lowest BCUT2D eigenvalue weighted by atomic mass is 10.1. The molecule has 20 heavy (non-hydrogen) atoms. The lowest BCUT2D eigenvalue weighted by Crippen LogP contribution is -2.18. The number of aromatic nitrogens is 2. The number of hydrogen-bond acceptors (Lipinski definition) is 3. The van der Waals surface area contributed by atoms with Crippen LogP contribution in [0.15, 0.2) is 30.7 Å². The minimum absolute atomic E-state index is 0.214. The summed E-state index contributed by atoms with van der Waals surface area (Å²) in [5.41, 5.74) is 4.51. The number of halogens is 4. The number of aliphatic hydroxyl groups excluding tert-OH is 1. The predicted octanol–water partition coefficient (Wildman–Crippen LogP) is 2.02. The quantitative estimate of drug-likeness (QED) is 0.850. The van der Waals surface area contributed by atoms with Gasteiger partial charge in [0.1, 0.15) is 5.82 Å². The fraction of sp³-hybridized carbons (Fsp3) is 0.250. The molecule has 1 atom stereocenters. The number of alkyl halides is 3. The van der Waals surface area contributed by atoms with Crippen LogP contribution in [0.3, 0.4) is 0 Å². The van der Waals surface area contributed by atoms with Crippen LogP contribution in [0, 0.1) is 5.82 Å². The zero-order valence-corrected chi connectivity index (χ0v) is 10.1. The van der Waals surface area contributed by atoms with Crippen molar-refractivity contribution in [2.75, 3.05) is 6.61 Å². The molecule has 0 aliphatic carbocycles. The summed E-state index contributed by atoms with van der Waals surface area (Å²) in [5.74, 6) is -0.845. The van der Waals surface area contributed by atoms with Crippen molar-refractivity contribution in [2.24, 2.45) is 5.73 Å². The van der Waals surface area contributed by atoms with Crippen LogP contribution in [0.25, 0.3) is 5.69 Å². The Morgan fingerprint density at radius 2 is 2.05 bits per heavy atom. The standard InChI is InChI=1S/C12H11F4N3O/c13-8-2-1-7(12(14,15)16)3-10(8)19-6-18-4-11(19)9(17)5-20/h1-4,6,9,20H,5,17H2. The summed E-state index contributed by atoms with van der Waals surface area (Å²) in [7, 11) is 0. The molecule has 0 spiro atoms. The van der Waals surface area contributed by atoms with Crippen LogP contribution in [0.4, 0.5) is 17.6 Å². The van der Waals surface area contributed by atoms with Crippen molar-refractivity contribution in [3.05, 3.63) is 47.8 Å². The van der Waals surface area contributed by atoms with E-state index in [9.17, 15) is 17.6 Å². The number of imidazole rings is 1. The van der Waals surface area contributed by atoms with Crippen molar-refractivity contribution in [3.63, 3.8) is 0 Å². The highest BCUT2D eigenvalue weighted by molar-refractivity contribution is 5.40. The topological polar surface area (TPSA) is 64.1 Å².